The zero-order valence-electron chi connectivity index (χ0n) is 11.7. The summed E-state index contributed by atoms with van der Waals surface area (Å²) in [5.41, 5.74) is 0.804. The Hall–Kier alpha value is -1.80. The summed E-state index contributed by atoms with van der Waals surface area (Å²) < 4.78 is 34.0. The monoisotopic (exact) mass is 283 g/mol. The zero-order valence-corrected chi connectivity index (χ0v) is 11.7. The van der Waals surface area contributed by atoms with Gasteiger partial charge in [0, 0.05) is 6.54 Å². The number of alkyl halides is 2. The molecule has 1 atom stereocenters. The van der Waals surface area contributed by atoms with Gasteiger partial charge in [-0.15, -0.1) is 6.42 Å². The van der Waals surface area contributed by atoms with E-state index >= 15 is 0 Å². The van der Waals surface area contributed by atoms with Crippen LogP contribution < -0.4 is 14.8 Å². The maximum absolute atomic E-state index is 12.3. The van der Waals surface area contributed by atoms with Crippen molar-refractivity contribution in [3.8, 4) is 23.8 Å². The molecule has 0 radical (unpaired) electrons. The number of hydrogen-bond acceptors (Lipinski definition) is 3. The Kier molecular flexibility index (Phi) is 6.82. The smallest absolute Gasteiger partial charge is 0.387 e. The van der Waals surface area contributed by atoms with Gasteiger partial charge in [0.05, 0.1) is 13.2 Å². The molecule has 110 valence electrons. The minimum absolute atomic E-state index is 0.0227. The minimum Gasteiger partial charge on any atom is -0.493 e. The van der Waals surface area contributed by atoms with Gasteiger partial charge in [0.1, 0.15) is 0 Å². The molecule has 1 aromatic carbocycles. The number of nitrogens with one attached hydrogen (secondary N) is 1. The van der Waals surface area contributed by atoms with Crippen LogP contribution in [0.15, 0.2) is 18.2 Å². The quantitative estimate of drug-likeness (QED) is 0.743. The number of rotatable bonds is 8. The number of ether oxygens (including phenoxy) is 2. The molecule has 1 N–H and O–H groups in total. The largest absolute Gasteiger partial charge is 0.493 e. The fourth-order valence-corrected chi connectivity index (χ4v) is 1.79. The van der Waals surface area contributed by atoms with Gasteiger partial charge in [-0.2, -0.15) is 8.78 Å². The Morgan fingerprint density at radius 3 is 2.65 bits per heavy atom. The normalized spacial score (nSPS) is 12.0. The van der Waals surface area contributed by atoms with Crippen molar-refractivity contribution >= 4 is 0 Å². The van der Waals surface area contributed by atoms with Crippen LogP contribution in [0.3, 0.4) is 0 Å². The average molecular weight is 283 g/mol. The molecule has 0 heterocycles. The van der Waals surface area contributed by atoms with E-state index in [1.54, 1.807) is 12.1 Å². The van der Waals surface area contributed by atoms with Crippen molar-refractivity contribution in [3.63, 3.8) is 0 Å². The van der Waals surface area contributed by atoms with Crippen LogP contribution in [0.4, 0.5) is 8.78 Å². The first-order valence-corrected chi connectivity index (χ1v) is 6.42. The lowest BCUT2D eigenvalue weighted by Gasteiger charge is -2.14. The number of methoxy groups -OCH3 is 1. The zero-order chi connectivity index (χ0) is 15.0. The highest BCUT2D eigenvalue weighted by Crippen LogP contribution is 2.29. The lowest BCUT2D eigenvalue weighted by atomic mass is 10.1. The molecule has 0 fully saturated rings. The van der Waals surface area contributed by atoms with Crippen molar-refractivity contribution in [1.29, 1.82) is 0 Å². The summed E-state index contributed by atoms with van der Waals surface area (Å²) >= 11 is 0. The summed E-state index contributed by atoms with van der Waals surface area (Å²) in [6, 6.07) is 4.88. The van der Waals surface area contributed by atoms with Crippen LogP contribution in [-0.2, 0) is 6.54 Å². The highest BCUT2D eigenvalue weighted by molar-refractivity contribution is 5.43. The standard InChI is InChI=1S/C15H19F2NO2/c1-4-6-12(5-2)18-10-11-7-8-13(19-3)14(9-11)20-15(16)17/h2,7-9,12,15,18H,4,6,10H2,1,3H3. The van der Waals surface area contributed by atoms with Crippen molar-refractivity contribution in [1.82, 2.24) is 5.32 Å². The van der Waals surface area contributed by atoms with Gasteiger partial charge in [-0.3, -0.25) is 5.32 Å². The van der Waals surface area contributed by atoms with Crippen LogP contribution >= 0.6 is 0 Å². The summed E-state index contributed by atoms with van der Waals surface area (Å²) in [6.45, 7) is -0.349. The van der Waals surface area contributed by atoms with Gasteiger partial charge in [-0.05, 0) is 24.1 Å². The number of halogens is 2. The maximum atomic E-state index is 12.3. The van der Waals surface area contributed by atoms with Gasteiger partial charge in [-0.25, -0.2) is 0 Å². The third kappa shape index (κ3) is 5.06. The van der Waals surface area contributed by atoms with E-state index in [0.717, 1.165) is 18.4 Å². The topological polar surface area (TPSA) is 30.5 Å². The van der Waals surface area contributed by atoms with E-state index in [2.05, 4.69) is 16.0 Å². The first kappa shape index (κ1) is 16.3. The summed E-state index contributed by atoms with van der Waals surface area (Å²) in [5, 5.41) is 3.18. The fraction of sp³-hybridized carbons (Fsp3) is 0.467. The predicted molar refractivity (Wildman–Crippen MR) is 74.0 cm³/mol. The van der Waals surface area contributed by atoms with E-state index in [1.165, 1.54) is 13.2 Å². The number of hydrogen-bond donors (Lipinski definition) is 1. The molecule has 0 spiro atoms. The Morgan fingerprint density at radius 1 is 1.35 bits per heavy atom. The van der Waals surface area contributed by atoms with E-state index < -0.39 is 6.61 Å². The summed E-state index contributed by atoms with van der Waals surface area (Å²) in [5.74, 6) is 2.95. The van der Waals surface area contributed by atoms with Gasteiger partial charge in [-0.1, -0.05) is 25.3 Å². The highest BCUT2D eigenvalue weighted by Gasteiger charge is 2.11. The molecule has 0 aliphatic heterocycles. The molecule has 1 unspecified atom stereocenters. The van der Waals surface area contributed by atoms with Crippen LogP contribution in [-0.4, -0.2) is 19.8 Å². The van der Waals surface area contributed by atoms with Crippen molar-refractivity contribution in [2.24, 2.45) is 0 Å². The molecule has 1 aromatic rings. The second kappa shape index (κ2) is 8.39. The number of benzene rings is 1. The Morgan fingerprint density at radius 2 is 2.10 bits per heavy atom. The SMILES string of the molecule is C#CC(CCC)NCc1ccc(OC)c(OC(F)F)c1. The van der Waals surface area contributed by atoms with Crippen molar-refractivity contribution in [2.75, 3.05) is 7.11 Å². The highest BCUT2D eigenvalue weighted by atomic mass is 19.3. The van der Waals surface area contributed by atoms with Crippen molar-refractivity contribution in [2.45, 2.75) is 39.0 Å². The molecular formula is C15H19F2NO2. The molecule has 0 aromatic heterocycles. The summed E-state index contributed by atoms with van der Waals surface area (Å²) in [6.07, 6.45) is 7.25. The predicted octanol–water partition coefficient (Wildman–Crippen LogP) is 3.19. The molecule has 0 aliphatic rings. The minimum atomic E-state index is -2.88. The van der Waals surface area contributed by atoms with E-state index in [-0.39, 0.29) is 17.5 Å². The maximum Gasteiger partial charge on any atom is 0.387 e. The summed E-state index contributed by atoms with van der Waals surface area (Å²) in [4.78, 5) is 0. The second-order valence-corrected chi connectivity index (χ2v) is 4.25. The van der Waals surface area contributed by atoms with E-state index in [0.29, 0.717) is 6.54 Å². The fourth-order valence-electron chi connectivity index (χ4n) is 1.79. The van der Waals surface area contributed by atoms with Gasteiger partial charge in [0.15, 0.2) is 11.5 Å². The number of terminal acetylenes is 1. The second-order valence-electron chi connectivity index (χ2n) is 4.25. The van der Waals surface area contributed by atoms with E-state index in [9.17, 15) is 8.78 Å². The van der Waals surface area contributed by atoms with Crippen LogP contribution in [0, 0.1) is 12.3 Å². The first-order chi connectivity index (χ1) is 9.60. The molecule has 3 nitrogen and oxygen atoms in total. The van der Waals surface area contributed by atoms with Crippen LogP contribution in [0.2, 0.25) is 0 Å². The van der Waals surface area contributed by atoms with Crippen LogP contribution in [0.1, 0.15) is 25.3 Å². The molecule has 1 rings (SSSR count). The van der Waals surface area contributed by atoms with Gasteiger partial charge in [0.2, 0.25) is 0 Å². The lowest BCUT2D eigenvalue weighted by molar-refractivity contribution is -0.0512. The molecule has 0 amide bonds. The average Bonchev–Trinajstić information content (AvgIpc) is 2.43. The molecular weight excluding hydrogens is 264 g/mol. The van der Waals surface area contributed by atoms with Crippen LogP contribution in [0.5, 0.6) is 11.5 Å². The molecule has 20 heavy (non-hydrogen) atoms. The molecule has 0 bridgehead atoms. The van der Waals surface area contributed by atoms with E-state index in [4.69, 9.17) is 11.2 Å². The van der Waals surface area contributed by atoms with Gasteiger partial charge >= 0.3 is 6.61 Å². The molecule has 0 saturated carbocycles. The molecule has 5 heteroatoms. The van der Waals surface area contributed by atoms with Crippen molar-refractivity contribution < 1.29 is 18.3 Å². The Labute approximate surface area is 118 Å². The third-order valence-electron chi connectivity index (χ3n) is 2.78. The van der Waals surface area contributed by atoms with Gasteiger partial charge < -0.3 is 9.47 Å². The Bertz CT molecular complexity index is 458. The van der Waals surface area contributed by atoms with Gasteiger partial charge in [0.25, 0.3) is 0 Å². The molecule has 0 saturated heterocycles. The van der Waals surface area contributed by atoms with Crippen molar-refractivity contribution in [3.05, 3.63) is 23.8 Å². The van der Waals surface area contributed by atoms with Crippen LogP contribution in [0.25, 0.3) is 0 Å². The molecule has 0 aliphatic carbocycles. The first-order valence-electron chi connectivity index (χ1n) is 6.42. The third-order valence-corrected chi connectivity index (χ3v) is 2.78. The van der Waals surface area contributed by atoms with E-state index in [1.807, 2.05) is 6.92 Å². The lowest BCUT2D eigenvalue weighted by Crippen LogP contribution is -2.26. The Balaban J connectivity index is 2.74. The summed E-state index contributed by atoms with van der Waals surface area (Å²) in [7, 11) is 1.40.